The Bertz CT molecular complexity index is 714. The molecule has 5 heteroatoms. The first-order valence-electron chi connectivity index (χ1n) is 8.18. The third-order valence-corrected chi connectivity index (χ3v) is 4.03. The molecule has 1 aromatic heterocycles. The number of hydrogen-bond acceptors (Lipinski definition) is 4. The molecule has 1 aliphatic rings. The molecule has 5 nitrogen and oxygen atoms in total. The van der Waals surface area contributed by atoms with Gasteiger partial charge in [0.25, 0.3) is 5.91 Å². The Morgan fingerprint density at radius 2 is 2.13 bits per heavy atom. The van der Waals surface area contributed by atoms with Crippen LogP contribution in [0.15, 0.2) is 30.3 Å². The summed E-state index contributed by atoms with van der Waals surface area (Å²) in [5, 5.41) is 3.27. The van der Waals surface area contributed by atoms with Crippen LogP contribution < -0.4 is 10.2 Å². The van der Waals surface area contributed by atoms with Gasteiger partial charge < -0.3 is 10.2 Å². The molecule has 23 heavy (non-hydrogen) atoms. The lowest BCUT2D eigenvalue weighted by atomic mass is 10.2. The van der Waals surface area contributed by atoms with Crippen LogP contribution in [-0.4, -0.2) is 29.0 Å². The van der Waals surface area contributed by atoms with E-state index >= 15 is 0 Å². The second kappa shape index (κ2) is 6.77. The highest BCUT2D eigenvalue weighted by Crippen LogP contribution is 2.28. The zero-order valence-electron chi connectivity index (χ0n) is 13.7. The largest absolute Gasteiger partial charge is 0.370 e. The molecule has 1 amide bonds. The zero-order valence-corrected chi connectivity index (χ0v) is 13.7. The lowest BCUT2D eigenvalue weighted by molar-refractivity contribution is 0.0984. The number of carbonyl (C=O) groups is 1. The molecule has 1 N–H and O–H groups in total. The Balaban J connectivity index is 1.83. The maximum Gasteiger partial charge on any atom is 0.277 e. The molecule has 1 aliphatic heterocycles. The number of aromatic nitrogens is 2. The van der Waals surface area contributed by atoms with Gasteiger partial charge in [-0.2, -0.15) is 0 Å². The summed E-state index contributed by atoms with van der Waals surface area (Å²) in [6, 6.07) is 9.80. The minimum atomic E-state index is -0.0565. The van der Waals surface area contributed by atoms with E-state index in [1.165, 1.54) is 5.56 Å². The fourth-order valence-electron chi connectivity index (χ4n) is 2.85. The molecule has 0 aliphatic carbocycles. The molecule has 0 atom stereocenters. The second-order valence-electron chi connectivity index (χ2n) is 5.80. The van der Waals surface area contributed by atoms with Crippen molar-refractivity contribution in [2.24, 2.45) is 0 Å². The van der Waals surface area contributed by atoms with Crippen LogP contribution in [0.1, 0.15) is 41.6 Å². The molecule has 0 fully saturated rings. The smallest absolute Gasteiger partial charge is 0.277 e. The predicted molar refractivity (Wildman–Crippen MR) is 92.0 cm³/mol. The van der Waals surface area contributed by atoms with Crippen molar-refractivity contribution in [1.29, 1.82) is 0 Å². The van der Waals surface area contributed by atoms with Crippen LogP contribution >= 0.6 is 0 Å². The van der Waals surface area contributed by atoms with Crippen LogP contribution in [0.4, 0.5) is 11.5 Å². The molecule has 0 unspecified atom stereocenters. The highest BCUT2D eigenvalue weighted by molar-refractivity contribution is 6.06. The number of unbranched alkanes of at least 4 members (excludes halogenated alkanes) is 1. The van der Waals surface area contributed by atoms with Gasteiger partial charge in [-0.05, 0) is 31.4 Å². The quantitative estimate of drug-likeness (QED) is 0.862. The number of fused-ring (bicyclic) bond motifs is 1. The maximum atomic E-state index is 12.9. The Morgan fingerprint density at radius 3 is 2.96 bits per heavy atom. The third-order valence-electron chi connectivity index (χ3n) is 4.03. The van der Waals surface area contributed by atoms with E-state index in [2.05, 4.69) is 28.3 Å². The standard InChI is InChI=1S/C18H22N4O/c1-3-4-10-19-17-12-15(20-13(2)21-17)18(23)22-11-9-14-7-5-6-8-16(14)22/h5-8,12H,3-4,9-11H2,1-2H3,(H,19,20,21). The molecule has 0 saturated heterocycles. The summed E-state index contributed by atoms with van der Waals surface area (Å²) in [6.45, 7) is 5.53. The summed E-state index contributed by atoms with van der Waals surface area (Å²) in [4.78, 5) is 23.4. The number of nitrogens with one attached hydrogen (secondary N) is 1. The number of para-hydroxylation sites is 1. The molecule has 2 aromatic rings. The summed E-state index contributed by atoms with van der Waals surface area (Å²) in [7, 11) is 0. The van der Waals surface area contributed by atoms with E-state index < -0.39 is 0 Å². The lowest BCUT2D eigenvalue weighted by Crippen LogP contribution is -2.30. The van der Waals surface area contributed by atoms with Crippen LogP contribution in [-0.2, 0) is 6.42 Å². The number of amides is 1. The first kappa shape index (κ1) is 15.5. The molecule has 0 spiro atoms. The third kappa shape index (κ3) is 3.33. The molecular formula is C18H22N4O. The van der Waals surface area contributed by atoms with Crippen LogP contribution in [0.3, 0.4) is 0 Å². The predicted octanol–water partition coefficient (Wildman–Crippen LogP) is 3.20. The van der Waals surface area contributed by atoms with Gasteiger partial charge in [0.1, 0.15) is 17.3 Å². The van der Waals surface area contributed by atoms with Crippen LogP contribution in [0, 0.1) is 6.92 Å². The SMILES string of the molecule is CCCCNc1cc(C(=O)N2CCc3ccccc32)nc(C)n1. The van der Waals surface area contributed by atoms with E-state index in [1.807, 2.05) is 30.0 Å². The van der Waals surface area contributed by atoms with Crippen LogP contribution in [0.2, 0.25) is 0 Å². The number of benzene rings is 1. The highest BCUT2D eigenvalue weighted by Gasteiger charge is 2.26. The minimum absolute atomic E-state index is 0.0565. The Morgan fingerprint density at radius 1 is 1.30 bits per heavy atom. The van der Waals surface area contributed by atoms with E-state index in [-0.39, 0.29) is 5.91 Å². The second-order valence-corrected chi connectivity index (χ2v) is 5.80. The minimum Gasteiger partial charge on any atom is -0.370 e. The molecule has 1 aromatic carbocycles. The number of carbonyl (C=O) groups excluding carboxylic acids is 1. The molecule has 120 valence electrons. The van der Waals surface area contributed by atoms with Crippen molar-refractivity contribution in [3.63, 3.8) is 0 Å². The van der Waals surface area contributed by atoms with Crippen molar-refractivity contribution in [3.8, 4) is 0 Å². The Labute approximate surface area is 136 Å². The molecule has 0 radical (unpaired) electrons. The van der Waals surface area contributed by atoms with Gasteiger partial charge >= 0.3 is 0 Å². The van der Waals surface area contributed by atoms with E-state index in [9.17, 15) is 4.79 Å². The van der Waals surface area contributed by atoms with Gasteiger partial charge in [-0.15, -0.1) is 0 Å². The summed E-state index contributed by atoms with van der Waals surface area (Å²) >= 11 is 0. The molecule has 0 bridgehead atoms. The summed E-state index contributed by atoms with van der Waals surface area (Å²) in [5.74, 6) is 1.28. The topological polar surface area (TPSA) is 58.1 Å². The van der Waals surface area contributed by atoms with Crippen molar-refractivity contribution >= 4 is 17.4 Å². The van der Waals surface area contributed by atoms with Crippen LogP contribution in [0.5, 0.6) is 0 Å². The number of rotatable bonds is 5. The van der Waals surface area contributed by atoms with Gasteiger partial charge in [-0.1, -0.05) is 31.5 Å². The lowest BCUT2D eigenvalue weighted by Gasteiger charge is -2.17. The van der Waals surface area contributed by atoms with Gasteiger partial charge in [-0.25, -0.2) is 9.97 Å². The number of nitrogens with zero attached hydrogens (tertiary/aromatic N) is 3. The summed E-state index contributed by atoms with van der Waals surface area (Å²) < 4.78 is 0. The van der Waals surface area contributed by atoms with E-state index in [0.717, 1.165) is 37.3 Å². The van der Waals surface area contributed by atoms with Crippen molar-refractivity contribution in [2.45, 2.75) is 33.1 Å². The van der Waals surface area contributed by atoms with Crippen molar-refractivity contribution < 1.29 is 4.79 Å². The van der Waals surface area contributed by atoms with E-state index in [4.69, 9.17) is 0 Å². The Hall–Kier alpha value is -2.43. The number of hydrogen-bond donors (Lipinski definition) is 1. The average molecular weight is 310 g/mol. The van der Waals surface area contributed by atoms with Crippen molar-refractivity contribution in [3.05, 3.63) is 47.4 Å². The van der Waals surface area contributed by atoms with Crippen LogP contribution in [0.25, 0.3) is 0 Å². The van der Waals surface area contributed by atoms with E-state index in [1.54, 1.807) is 6.07 Å². The van der Waals surface area contributed by atoms with Crippen molar-refractivity contribution in [2.75, 3.05) is 23.3 Å². The Kier molecular flexibility index (Phi) is 4.55. The number of anilines is 2. The average Bonchev–Trinajstić information content (AvgIpc) is 2.98. The molecular weight excluding hydrogens is 288 g/mol. The maximum absolute atomic E-state index is 12.9. The fourth-order valence-corrected chi connectivity index (χ4v) is 2.85. The van der Waals surface area contributed by atoms with Crippen molar-refractivity contribution in [1.82, 2.24) is 9.97 Å². The summed E-state index contributed by atoms with van der Waals surface area (Å²) in [5.41, 5.74) is 2.66. The first-order valence-corrected chi connectivity index (χ1v) is 8.18. The van der Waals surface area contributed by atoms with Gasteiger partial charge in [0.2, 0.25) is 0 Å². The van der Waals surface area contributed by atoms with E-state index in [0.29, 0.717) is 18.1 Å². The zero-order chi connectivity index (χ0) is 16.2. The first-order chi connectivity index (χ1) is 11.2. The van der Waals surface area contributed by atoms with Gasteiger partial charge in [0.05, 0.1) is 0 Å². The number of aryl methyl sites for hydroxylation is 1. The van der Waals surface area contributed by atoms with Gasteiger partial charge in [-0.3, -0.25) is 4.79 Å². The molecule has 2 heterocycles. The monoisotopic (exact) mass is 310 g/mol. The molecule has 3 rings (SSSR count). The van der Waals surface area contributed by atoms with Gasteiger partial charge in [0, 0.05) is 24.8 Å². The molecule has 0 saturated carbocycles. The normalized spacial score (nSPS) is 13.0. The summed E-state index contributed by atoms with van der Waals surface area (Å²) in [6.07, 6.45) is 3.09. The van der Waals surface area contributed by atoms with Gasteiger partial charge in [0.15, 0.2) is 0 Å². The fraction of sp³-hybridized carbons (Fsp3) is 0.389. The highest BCUT2D eigenvalue weighted by atomic mass is 16.2.